The Bertz CT molecular complexity index is 596. The minimum Gasteiger partial charge on any atom is -0.450 e. The van der Waals surface area contributed by atoms with Crippen molar-refractivity contribution in [3.63, 3.8) is 0 Å². The lowest BCUT2D eigenvalue weighted by Gasteiger charge is -2.13. The van der Waals surface area contributed by atoms with Crippen LogP contribution in [0.1, 0.15) is 66.2 Å². The second-order valence-corrected chi connectivity index (χ2v) is 7.54. The molecule has 0 radical (unpaired) electrons. The van der Waals surface area contributed by atoms with Crippen LogP contribution in [0, 0.1) is 0 Å². The molecule has 0 bridgehead atoms. The lowest BCUT2D eigenvalue weighted by molar-refractivity contribution is -0.138. The molecule has 1 saturated heterocycles. The summed E-state index contributed by atoms with van der Waals surface area (Å²) in [5, 5.41) is 0. The second-order valence-electron chi connectivity index (χ2n) is 7.54. The molecule has 126 valence electrons. The molecule has 0 unspecified atom stereocenters. The van der Waals surface area contributed by atoms with Crippen molar-refractivity contribution in [1.29, 1.82) is 0 Å². The summed E-state index contributed by atoms with van der Waals surface area (Å²) in [5.74, 6) is -0.155. The Morgan fingerprint density at radius 2 is 1.91 bits per heavy atom. The van der Waals surface area contributed by atoms with E-state index in [0.717, 1.165) is 49.7 Å². The highest BCUT2D eigenvalue weighted by atomic mass is 16.6. The van der Waals surface area contributed by atoms with Crippen LogP contribution >= 0.6 is 0 Å². The summed E-state index contributed by atoms with van der Waals surface area (Å²) in [6.45, 7) is 8.44. The normalized spacial score (nSPS) is 35.6. The van der Waals surface area contributed by atoms with Gasteiger partial charge < -0.3 is 9.47 Å². The van der Waals surface area contributed by atoms with Gasteiger partial charge in [0.2, 0.25) is 0 Å². The van der Waals surface area contributed by atoms with Crippen LogP contribution in [0.3, 0.4) is 0 Å². The minimum atomic E-state index is -0.162. The third-order valence-electron chi connectivity index (χ3n) is 5.56. The van der Waals surface area contributed by atoms with Crippen molar-refractivity contribution >= 4 is 5.97 Å². The quantitative estimate of drug-likeness (QED) is 0.371. The van der Waals surface area contributed by atoms with Crippen LogP contribution in [0.25, 0.3) is 0 Å². The molecular formula is C20H28O3. The lowest BCUT2D eigenvalue weighted by atomic mass is 9.93. The van der Waals surface area contributed by atoms with Crippen LogP contribution in [0.15, 0.2) is 34.4 Å². The van der Waals surface area contributed by atoms with E-state index in [1.165, 1.54) is 11.1 Å². The van der Waals surface area contributed by atoms with Gasteiger partial charge in [0.25, 0.3) is 0 Å². The van der Waals surface area contributed by atoms with Gasteiger partial charge in [-0.15, -0.1) is 0 Å². The average molecular weight is 316 g/mol. The summed E-state index contributed by atoms with van der Waals surface area (Å²) in [6, 6.07) is 0. The molecule has 2 aliphatic heterocycles. The first-order chi connectivity index (χ1) is 10.9. The Balaban J connectivity index is 1.80. The fourth-order valence-corrected chi connectivity index (χ4v) is 3.70. The molecule has 0 N–H and O–H groups in total. The smallest absolute Gasteiger partial charge is 0.334 e. The number of epoxide rings is 1. The highest BCUT2D eigenvalue weighted by Gasteiger charge is 2.50. The molecule has 0 saturated carbocycles. The predicted molar refractivity (Wildman–Crippen MR) is 91.1 cm³/mol. The molecule has 3 nitrogen and oxygen atoms in total. The van der Waals surface area contributed by atoms with Crippen molar-refractivity contribution in [3.05, 3.63) is 34.4 Å². The summed E-state index contributed by atoms with van der Waals surface area (Å²) in [6.07, 6.45) is 10.8. The van der Waals surface area contributed by atoms with Crippen molar-refractivity contribution in [1.82, 2.24) is 0 Å². The van der Waals surface area contributed by atoms with Crippen LogP contribution in [-0.4, -0.2) is 23.8 Å². The van der Waals surface area contributed by atoms with Gasteiger partial charge in [0.05, 0.1) is 11.7 Å². The number of carbonyl (C=O) groups excluding carboxylic acids is 1. The number of hydrogen-bond donors (Lipinski definition) is 0. The van der Waals surface area contributed by atoms with E-state index >= 15 is 0 Å². The molecule has 3 rings (SSSR count). The van der Waals surface area contributed by atoms with Gasteiger partial charge in [0.15, 0.2) is 0 Å². The number of ether oxygens (including phenoxy) is 2. The SMILES string of the molecule is CC1=CCC[C@@]2(C)O[C@@H]2CCC(C)=C[C@@H]2OC(=O)C(C)=C2CC1. The maximum absolute atomic E-state index is 11.9. The van der Waals surface area contributed by atoms with Crippen LogP contribution in [0.5, 0.6) is 0 Å². The van der Waals surface area contributed by atoms with Gasteiger partial charge >= 0.3 is 5.97 Å². The van der Waals surface area contributed by atoms with Crippen LogP contribution in [0.4, 0.5) is 0 Å². The van der Waals surface area contributed by atoms with Gasteiger partial charge in [-0.05, 0) is 77.9 Å². The summed E-state index contributed by atoms with van der Waals surface area (Å²) in [7, 11) is 0. The Morgan fingerprint density at radius 1 is 1.13 bits per heavy atom. The Labute approximate surface area is 139 Å². The third kappa shape index (κ3) is 3.60. The summed E-state index contributed by atoms with van der Waals surface area (Å²) >= 11 is 0. The molecular weight excluding hydrogens is 288 g/mol. The fourth-order valence-electron chi connectivity index (χ4n) is 3.70. The number of esters is 1. The largest absolute Gasteiger partial charge is 0.450 e. The fraction of sp³-hybridized carbons (Fsp3) is 0.650. The molecule has 23 heavy (non-hydrogen) atoms. The minimum absolute atomic E-state index is 0.0721. The lowest BCUT2D eigenvalue weighted by Crippen LogP contribution is -2.11. The van der Waals surface area contributed by atoms with Gasteiger partial charge in [-0.25, -0.2) is 4.79 Å². The van der Waals surface area contributed by atoms with Crippen LogP contribution in [0.2, 0.25) is 0 Å². The zero-order chi connectivity index (χ0) is 16.6. The molecule has 0 aromatic carbocycles. The molecule has 0 amide bonds. The van der Waals surface area contributed by atoms with E-state index in [0.29, 0.717) is 6.10 Å². The monoisotopic (exact) mass is 316 g/mol. The number of allylic oxidation sites excluding steroid dienone is 3. The topological polar surface area (TPSA) is 38.8 Å². The summed E-state index contributed by atoms with van der Waals surface area (Å²) in [5.41, 5.74) is 4.71. The molecule has 3 aliphatic rings. The van der Waals surface area contributed by atoms with E-state index in [-0.39, 0.29) is 17.7 Å². The van der Waals surface area contributed by atoms with E-state index in [2.05, 4.69) is 32.9 Å². The predicted octanol–water partition coefficient (Wildman–Crippen LogP) is 4.63. The molecule has 1 aliphatic carbocycles. The number of fused-ring (bicyclic) bond motifs is 2. The van der Waals surface area contributed by atoms with Gasteiger partial charge in [0, 0.05) is 5.57 Å². The molecule has 0 aromatic heterocycles. The summed E-state index contributed by atoms with van der Waals surface area (Å²) < 4.78 is 11.5. The Hall–Kier alpha value is -1.35. The highest BCUT2D eigenvalue weighted by molar-refractivity contribution is 5.92. The van der Waals surface area contributed by atoms with Crippen LogP contribution in [-0.2, 0) is 14.3 Å². The molecule has 3 heteroatoms. The van der Waals surface area contributed by atoms with E-state index < -0.39 is 0 Å². The molecule has 0 spiro atoms. The van der Waals surface area contributed by atoms with Crippen molar-refractivity contribution in [2.75, 3.05) is 0 Å². The summed E-state index contributed by atoms with van der Waals surface area (Å²) in [4.78, 5) is 11.9. The standard InChI is InChI=1S/C20H28O3/c1-13-6-5-11-20(4)18(23-20)10-8-14(2)12-17-16(9-7-13)15(3)19(21)22-17/h6,12,17-18H,5,7-11H2,1-4H3/t17-,18+,20+/m0/s1. The van der Waals surface area contributed by atoms with E-state index in [1.807, 2.05) is 6.92 Å². The van der Waals surface area contributed by atoms with Gasteiger partial charge in [0.1, 0.15) is 6.10 Å². The molecule has 3 atom stereocenters. The molecule has 2 heterocycles. The van der Waals surface area contributed by atoms with E-state index in [9.17, 15) is 4.79 Å². The zero-order valence-corrected chi connectivity index (χ0v) is 14.8. The number of carbonyl (C=O) groups is 1. The number of hydrogen-bond acceptors (Lipinski definition) is 3. The maximum Gasteiger partial charge on any atom is 0.334 e. The van der Waals surface area contributed by atoms with Gasteiger partial charge in [-0.3, -0.25) is 0 Å². The molecule has 0 aromatic rings. The molecule has 1 fully saturated rings. The third-order valence-corrected chi connectivity index (χ3v) is 5.56. The first kappa shape index (κ1) is 16.5. The maximum atomic E-state index is 11.9. The average Bonchev–Trinajstić information content (AvgIpc) is 3.06. The first-order valence-electron chi connectivity index (χ1n) is 8.80. The van der Waals surface area contributed by atoms with Crippen molar-refractivity contribution in [3.8, 4) is 0 Å². The van der Waals surface area contributed by atoms with E-state index in [1.54, 1.807) is 0 Å². The van der Waals surface area contributed by atoms with Crippen LogP contribution < -0.4 is 0 Å². The van der Waals surface area contributed by atoms with Crippen molar-refractivity contribution in [2.45, 2.75) is 84.0 Å². The van der Waals surface area contributed by atoms with Gasteiger partial charge in [-0.1, -0.05) is 17.2 Å². The zero-order valence-electron chi connectivity index (χ0n) is 14.8. The number of rotatable bonds is 0. The Kier molecular flexibility index (Phi) is 4.50. The first-order valence-corrected chi connectivity index (χ1v) is 8.80. The second kappa shape index (κ2) is 6.27. The van der Waals surface area contributed by atoms with Crippen molar-refractivity contribution < 1.29 is 14.3 Å². The van der Waals surface area contributed by atoms with Crippen molar-refractivity contribution in [2.24, 2.45) is 0 Å². The van der Waals surface area contributed by atoms with Gasteiger partial charge in [-0.2, -0.15) is 0 Å². The Morgan fingerprint density at radius 3 is 2.70 bits per heavy atom. The highest BCUT2D eigenvalue weighted by Crippen LogP contribution is 2.44. The van der Waals surface area contributed by atoms with E-state index in [4.69, 9.17) is 9.47 Å².